The van der Waals surface area contributed by atoms with Gasteiger partial charge in [-0.1, -0.05) is 37.6 Å². The average molecular weight is 258 g/mol. The van der Waals surface area contributed by atoms with Gasteiger partial charge >= 0.3 is 0 Å². The molecule has 1 saturated carbocycles. The highest BCUT2D eigenvalue weighted by Gasteiger charge is 2.36. The summed E-state index contributed by atoms with van der Waals surface area (Å²) < 4.78 is 0. The molecule has 0 saturated heterocycles. The van der Waals surface area contributed by atoms with E-state index in [1.165, 1.54) is 32.1 Å². The quantitative estimate of drug-likeness (QED) is 0.899. The maximum atomic E-state index is 5.98. The number of hydrogen-bond donors (Lipinski definition) is 1. The van der Waals surface area contributed by atoms with E-state index in [1.54, 1.807) is 11.1 Å². The SMILES string of the molecule is CCN(C1CCc2ccccc21)C1CCCC1CN. The van der Waals surface area contributed by atoms with Gasteiger partial charge in [0.1, 0.15) is 0 Å². The fourth-order valence-corrected chi connectivity index (χ4v) is 4.29. The summed E-state index contributed by atoms with van der Waals surface area (Å²) in [6.45, 7) is 4.32. The lowest BCUT2D eigenvalue weighted by Crippen LogP contribution is -2.42. The molecule has 1 aromatic carbocycles. The van der Waals surface area contributed by atoms with Gasteiger partial charge in [-0.05, 0) is 55.8 Å². The lowest BCUT2D eigenvalue weighted by atomic mass is 9.98. The van der Waals surface area contributed by atoms with Crippen LogP contribution in [0.3, 0.4) is 0 Å². The zero-order valence-corrected chi connectivity index (χ0v) is 12.0. The van der Waals surface area contributed by atoms with Gasteiger partial charge in [0.2, 0.25) is 0 Å². The molecule has 0 heterocycles. The molecule has 3 unspecified atom stereocenters. The first-order valence-electron chi connectivity index (χ1n) is 7.88. The van der Waals surface area contributed by atoms with Crippen LogP contribution in [0.25, 0.3) is 0 Å². The van der Waals surface area contributed by atoms with E-state index in [0.717, 1.165) is 13.1 Å². The Morgan fingerprint density at radius 1 is 1.21 bits per heavy atom. The van der Waals surface area contributed by atoms with Crippen LogP contribution in [-0.2, 0) is 6.42 Å². The number of rotatable bonds is 4. The van der Waals surface area contributed by atoms with Crippen LogP contribution in [0, 0.1) is 5.92 Å². The first kappa shape index (κ1) is 13.1. The highest BCUT2D eigenvalue weighted by Crippen LogP contribution is 2.40. The van der Waals surface area contributed by atoms with Crippen molar-refractivity contribution in [2.75, 3.05) is 13.1 Å². The Labute approximate surface area is 117 Å². The Balaban J connectivity index is 1.84. The number of benzene rings is 1. The van der Waals surface area contributed by atoms with E-state index in [9.17, 15) is 0 Å². The van der Waals surface area contributed by atoms with Gasteiger partial charge in [0.05, 0.1) is 0 Å². The first-order valence-corrected chi connectivity index (χ1v) is 7.88. The third kappa shape index (κ3) is 2.32. The number of nitrogens with zero attached hydrogens (tertiary/aromatic N) is 1. The normalized spacial score (nSPS) is 29.9. The third-order valence-corrected chi connectivity index (χ3v) is 5.21. The van der Waals surface area contributed by atoms with E-state index in [0.29, 0.717) is 18.0 Å². The minimum Gasteiger partial charge on any atom is -0.330 e. The molecule has 0 aliphatic heterocycles. The molecule has 2 aliphatic carbocycles. The molecule has 2 heteroatoms. The molecule has 19 heavy (non-hydrogen) atoms. The second-order valence-electron chi connectivity index (χ2n) is 6.08. The van der Waals surface area contributed by atoms with Crippen molar-refractivity contribution in [1.82, 2.24) is 4.90 Å². The smallest absolute Gasteiger partial charge is 0.0356 e. The van der Waals surface area contributed by atoms with E-state index in [-0.39, 0.29) is 0 Å². The van der Waals surface area contributed by atoms with Crippen molar-refractivity contribution in [2.24, 2.45) is 11.7 Å². The van der Waals surface area contributed by atoms with E-state index >= 15 is 0 Å². The maximum absolute atomic E-state index is 5.98. The summed E-state index contributed by atoms with van der Waals surface area (Å²) in [5.74, 6) is 0.715. The summed E-state index contributed by atoms with van der Waals surface area (Å²) in [5.41, 5.74) is 9.12. The highest BCUT2D eigenvalue weighted by molar-refractivity contribution is 5.34. The summed E-state index contributed by atoms with van der Waals surface area (Å²) in [5, 5.41) is 0. The molecule has 0 bridgehead atoms. The molecule has 3 rings (SSSR count). The maximum Gasteiger partial charge on any atom is 0.0356 e. The Morgan fingerprint density at radius 2 is 2.05 bits per heavy atom. The fourth-order valence-electron chi connectivity index (χ4n) is 4.29. The topological polar surface area (TPSA) is 29.3 Å². The minimum absolute atomic E-state index is 0.637. The van der Waals surface area contributed by atoms with Crippen LogP contribution in [-0.4, -0.2) is 24.0 Å². The average Bonchev–Trinajstić information content (AvgIpc) is 3.07. The summed E-state index contributed by atoms with van der Waals surface area (Å²) >= 11 is 0. The van der Waals surface area contributed by atoms with Crippen molar-refractivity contribution in [3.8, 4) is 0 Å². The lowest BCUT2D eigenvalue weighted by molar-refractivity contribution is 0.114. The predicted octanol–water partition coefficient (Wildman–Crippen LogP) is 3.12. The molecular weight excluding hydrogens is 232 g/mol. The first-order chi connectivity index (χ1) is 9.35. The fraction of sp³-hybridized carbons (Fsp3) is 0.647. The van der Waals surface area contributed by atoms with Crippen LogP contribution in [0.15, 0.2) is 24.3 Å². The van der Waals surface area contributed by atoms with E-state index in [1.807, 2.05) is 0 Å². The Bertz CT molecular complexity index is 429. The van der Waals surface area contributed by atoms with Gasteiger partial charge in [-0.2, -0.15) is 0 Å². The zero-order chi connectivity index (χ0) is 13.2. The predicted molar refractivity (Wildman–Crippen MR) is 80.1 cm³/mol. The largest absolute Gasteiger partial charge is 0.330 e. The summed E-state index contributed by atoms with van der Waals surface area (Å²) in [7, 11) is 0. The number of aryl methyl sites for hydroxylation is 1. The number of hydrogen-bond acceptors (Lipinski definition) is 2. The van der Waals surface area contributed by atoms with Gasteiger partial charge in [0.25, 0.3) is 0 Å². The summed E-state index contributed by atoms with van der Waals surface area (Å²) in [4.78, 5) is 2.75. The molecule has 2 nitrogen and oxygen atoms in total. The monoisotopic (exact) mass is 258 g/mol. The van der Waals surface area contributed by atoms with E-state index in [2.05, 4.69) is 36.1 Å². The van der Waals surface area contributed by atoms with Crippen LogP contribution in [0.1, 0.15) is 49.8 Å². The molecule has 0 radical (unpaired) electrons. The zero-order valence-electron chi connectivity index (χ0n) is 12.0. The molecule has 104 valence electrons. The van der Waals surface area contributed by atoms with Crippen molar-refractivity contribution < 1.29 is 0 Å². The molecule has 0 spiro atoms. The van der Waals surface area contributed by atoms with E-state index < -0.39 is 0 Å². The van der Waals surface area contributed by atoms with Crippen LogP contribution in [0.5, 0.6) is 0 Å². The van der Waals surface area contributed by atoms with Crippen LogP contribution < -0.4 is 5.73 Å². The molecule has 1 fully saturated rings. The number of fused-ring (bicyclic) bond motifs is 1. The third-order valence-electron chi connectivity index (χ3n) is 5.21. The van der Waals surface area contributed by atoms with Gasteiger partial charge in [-0.15, -0.1) is 0 Å². The van der Waals surface area contributed by atoms with Gasteiger partial charge < -0.3 is 5.73 Å². The van der Waals surface area contributed by atoms with Crippen molar-refractivity contribution in [3.05, 3.63) is 35.4 Å². The summed E-state index contributed by atoms with van der Waals surface area (Å²) in [6.07, 6.45) is 6.57. The van der Waals surface area contributed by atoms with Gasteiger partial charge in [-0.3, -0.25) is 4.90 Å². The van der Waals surface area contributed by atoms with Crippen molar-refractivity contribution >= 4 is 0 Å². The Morgan fingerprint density at radius 3 is 2.84 bits per heavy atom. The summed E-state index contributed by atoms with van der Waals surface area (Å²) in [6, 6.07) is 10.4. The number of nitrogens with two attached hydrogens (primary N) is 1. The second kappa shape index (κ2) is 5.64. The van der Waals surface area contributed by atoms with Crippen LogP contribution in [0.2, 0.25) is 0 Å². The van der Waals surface area contributed by atoms with Crippen molar-refractivity contribution in [2.45, 2.75) is 51.1 Å². The minimum atomic E-state index is 0.637. The Hall–Kier alpha value is -0.860. The second-order valence-corrected chi connectivity index (χ2v) is 6.08. The van der Waals surface area contributed by atoms with Gasteiger partial charge in [0, 0.05) is 12.1 Å². The van der Waals surface area contributed by atoms with Crippen LogP contribution in [0.4, 0.5) is 0 Å². The molecule has 0 aromatic heterocycles. The molecular formula is C17H26N2. The molecule has 3 atom stereocenters. The van der Waals surface area contributed by atoms with Crippen molar-refractivity contribution in [3.63, 3.8) is 0 Å². The standard InChI is InChI=1S/C17H26N2/c1-2-19(16-9-5-7-14(16)12-18)17-11-10-13-6-3-4-8-15(13)17/h3-4,6,8,14,16-17H,2,5,7,9-12,18H2,1H3. The molecule has 2 N–H and O–H groups in total. The van der Waals surface area contributed by atoms with E-state index in [4.69, 9.17) is 5.73 Å². The molecule has 2 aliphatic rings. The Kier molecular flexibility index (Phi) is 3.90. The molecule has 1 aromatic rings. The van der Waals surface area contributed by atoms with Crippen LogP contribution >= 0.6 is 0 Å². The lowest BCUT2D eigenvalue weighted by Gasteiger charge is -2.37. The molecule has 0 amide bonds. The van der Waals surface area contributed by atoms with Crippen molar-refractivity contribution in [1.29, 1.82) is 0 Å². The highest BCUT2D eigenvalue weighted by atomic mass is 15.2. The van der Waals surface area contributed by atoms with Gasteiger partial charge in [-0.25, -0.2) is 0 Å². The van der Waals surface area contributed by atoms with Gasteiger partial charge in [0.15, 0.2) is 0 Å².